The molecule has 6 heteroatoms. The predicted octanol–water partition coefficient (Wildman–Crippen LogP) is 1.65. The first kappa shape index (κ1) is 13.1. The average Bonchev–Trinajstić information content (AvgIpc) is 2.88. The minimum Gasteiger partial charge on any atom is -0.390 e. The molecule has 6 nitrogen and oxygen atoms in total. The maximum Gasteiger partial charge on any atom is 0.251 e. The lowest BCUT2D eigenvalue weighted by molar-refractivity contribution is 0.0140. The molecule has 0 bridgehead atoms. The van der Waals surface area contributed by atoms with Crippen LogP contribution in [0.25, 0.3) is 11.0 Å². The molecular formula is C14H17N3O3. The summed E-state index contributed by atoms with van der Waals surface area (Å²) in [6.07, 6.45) is 3.02. The fraction of sp³-hybridized carbons (Fsp3) is 0.500. The van der Waals surface area contributed by atoms with Crippen LogP contribution in [-0.4, -0.2) is 33.0 Å². The molecule has 0 saturated heterocycles. The molecule has 2 aromatic rings. The number of aliphatic hydroxyl groups is 1. The van der Waals surface area contributed by atoms with Crippen LogP contribution < -0.4 is 5.32 Å². The van der Waals surface area contributed by atoms with Gasteiger partial charge < -0.3 is 10.4 Å². The summed E-state index contributed by atoms with van der Waals surface area (Å²) in [4.78, 5) is 12.2. The van der Waals surface area contributed by atoms with Crippen molar-refractivity contribution in [3.05, 3.63) is 23.8 Å². The van der Waals surface area contributed by atoms with Gasteiger partial charge >= 0.3 is 0 Å². The number of hydrogen-bond acceptors (Lipinski definition) is 5. The molecule has 1 fully saturated rings. The zero-order chi connectivity index (χ0) is 14.2. The number of aromatic nitrogens is 2. The number of rotatable bonds is 2. The molecule has 0 unspecified atom stereocenters. The molecule has 2 N–H and O–H groups in total. The van der Waals surface area contributed by atoms with E-state index in [0.717, 1.165) is 12.8 Å². The van der Waals surface area contributed by atoms with Crippen LogP contribution in [0.4, 0.5) is 0 Å². The van der Waals surface area contributed by atoms with E-state index in [9.17, 15) is 9.90 Å². The molecule has 0 aliphatic heterocycles. The van der Waals surface area contributed by atoms with Crippen molar-refractivity contribution >= 4 is 16.9 Å². The Bertz CT molecular complexity index is 625. The second-order valence-corrected chi connectivity index (χ2v) is 5.71. The minimum absolute atomic E-state index is 0.119. The molecule has 1 heterocycles. The highest BCUT2D eigenvalue weighted by molar-refractivity contribution is 5.97. The van der Waals surface area contributed by atoms with E-state index in [4.69, 9.17) is 0 Å². The third-order valence-electron chi connectivity index (χ3n) is 3.91. The van der Waals surface area contributed by atoms with Crippen molar-refractivity contribution in [1.82, 2.24) is 15.6 Å². The van der Waals surface area contributed by atoms with Crippen LogP contribution in [0.15, 0.2) is 22.8 Å². The first-order chi connectivity index (χ1) is 9.53. The Balaban J connectivity index is 1.67. The molecule has 1 aromatic heterocycles. The summed E-state index contributed by atoms with van der Waals surface area (Å²) in [6, 6.07) is 5.21. The smallest absolute Gasteiger partial charge is 0.251 e. The third kappa shape index (κ3) is 2.65. The molecule has 1 aliphatic rings. The topological polar surface area (TPSA) is 88.2 Å². The van der Waals surface area contributed by atoms with Crippen molar-refractivity contribution in [2.45, 2.75) is 44.2 Å². The van der Waals surface area contributed by atoms with Crippen molar-refractivity contribution in [3.63, 3.8) is 0 Å². The number of fused-ring (bicyclic) bond motifs is 1. The second-order valence-electron chi connectivity index (χ2n) is 5.71. The number of carbonyl (C=O) groups is 1. The van der Waals surface area contributed by atoms with E-state index in [1.54, 1.807) is 18.2 Å². The summed E-state index contributed by atoms with van der Waals surface area (Å²) in [6.45, 7) is 1.84. The van der Waals surface area contributed by atoms with Gasteiger partial charge in [-0.05, 0) is 61.1 Å². The van der Waals surface area contributed by atoms with Gasteiger partial charge in [-0.25, -0.2) is 4.63 Å². The Hall–Kier alpha value is -1.95. The monoisotopic (exact) mass is 275 g/mol. The summed E-state index contributed by atoms with van der Waals surface area (Å²) in [5.74, 6) is -0.124. The van der Waals surface area contributed by atoms with Crippen molar-refractivity contribution in [2.75, 3.05) is 0 Å². The lowest BCUT2D eigenvalue weighted by Crippen LogP contribution is -2.42. The third-order valence-corrected chi connectivity index (χ3v) is 3.91. The number of amides is 1. The Morgan fingerprint density at radius 1 is 1.35 bits per heavy atom. The van der Waals surface area contributed by atoms with Gasteiger partial charge in [0, 0.05) is 11.6 Å². The predicted molar refractivity (Wildman–Crippen MR) is 72.2 cm³/mol. The molecule has 1 aromatic carbocycles. The van der Waals surface area contributed by atoms with Crippen LogP contribution >= 0.6 is 0 Å². The zero-order valence-electron chi connectivity index (χ0n) is 11.3. The molecule has 20 heavy (non-hydrogen) atoms. The molecule has 3 rings (SSSR count). The largest absolute Gasteiger partial charge is 0.390 e. The Morgan fingerprint density at radius 2 is 2.05 bits per heavy atom. The zero-order valence-corrected chi connectivity index (χ0v) is 11.3. The van der Waals surface area contributed by atoms with Crippen LogP contribution in [0.2, 0.25) is 0 Å². The van der Waals surface area contributed by atoms with Crippen LogP contribution in [0.5, 0.6) is 0 Å². The SMILES string of the molecule is C[C@]1(O)CC[C@H](NC(=O)c2ccc3nonc3c2)CC1. The molecule has 0 spiro atoms. The Morgan fingerprint density at radius 3 is 2.80 bits per heavy atom. The minimum atomic E-state index is -0.591. The highest BCUT2D eigenvalue weighted by Gasteiger charge is 2.29. The fourth-order valence-electron chi connectivity index (χ4n) is 2.58. The number of benzene rings is 1. The van der Waals surface area contributed by atoms with Gasteiger partial charge in [0.1, 0.15) is 11.0 Å². The van der Waals surface area contributed by atoms with Crippen LogP contribution in [0.3, 0.4) is 0 Å². The maximum absolute atomic E-state index is 12.2. The second kappa shape index (κ2) is 4.86. The van der Waals surface area contributed by atoms with Crippen LogP contribution in [0.1, 0.15) is 43.0 Å². The summed E-state index contributed by atoms with van der Waals surface area (Å²) < 4.78 is 4.61. The van der Waals surface area contributed by atoms with Gasteiger partial charge in [-0.3, -0.25) is 4.79 Å². The highest BCUT2D eigenvalue weighted by atomic mass is 16.6. The summed E-state index contributed by atoms with van der Waals surface area (Å²) in [5, 5.41) is 20.3. The Kier molecular flexibility index (Phi) is 3.17. The van der Waals surface area contributed by atoms with E-state index in [0.29, 0.717) is 29.4 Å². The Labute approximate surface area is 116 Å². The molecule has 1 amide bonds. The van der Waals surface area contributed by atoms with E-state index < -0.39 is 5.60 Å². The number of nitrogens with one attached hydrogen (secondary N) is 1. The van der Waals surface area contributed by atoms with Crippen molar-refractivity contribution in [1.29, 1.82) is 0 Å². The molecule has 0 atom stereocenters. The van der Waals surface area contributed by atoms with Gasteiger partial charge in [-0.1, -0.05) is 0 Å². The quantitative estimate of drug-likeness (QED) is 0.870. The maximum atomic E-state index is 12.2. The van der Waals surface area contributed by atoms with E-state index >= 15 is 0 Å². The van der Waals surface area contributed by atoms with E-state index in [2.05, 4.69) is 20.3 Å². The first-order valence-electron chi connectivity index (χ1n) is 6.79. The fourth-order valence-corrected chi connectivity index (χ4v) is 2.58. The number of nitrogens with zero attached hydrogens (tertiary/aromatic N) is 2. The normalized spacial score (nSPS) is 26.6. The van der Waals surface area contributed by atoms with Gasteiger partial charge in [0.15, 0.2) is 0 Å². The van der Waals surface area contributed by atoms with E-state index in [1.165, 1.54) is 0 Å². The molecule has 1 saturated carbocycles. The average molecular weight is 275 g/mol. The molecule has 1 aliphatic carbocycles. The number of carbonyl (C=O) groups excluding carboxylic acids is 1. The standard InChI is InChI=1S/C14H17N3O3/c1-14(19)6-4-10(5-7-14)15-13(18)9-2-3-11-12(8-9)17-20-16-11/h2-3,8,10,19H,4-7H2,1H3,(H,15,18)/t10-,14-. The van der Waals surface area contributed by atoms with Crippen molar-refractivity contribution < 1.29 is 14.5 Å². The van der Waals surface area contributed by atoms with Crippen molar-refractivity contribution in [3.8, 4) is 0 Å². The molecule has 106 valence electrons. The van der Waals surface area contributed by atoms with Gasteiger partial charge in [-0.15, -0.1) is 0 Å². The van der Waals surface area contributed by atoms with Gasteiger partial charge in [0.05, 0.1) is 5.60 Å². The van der Waals surface area contributed by atoms with Crippen LogP contribution in [-0.2, 0) is 0 Å². The summed E-state index contributed by atoms with van der Waals surface area (Å²) in [7, 11) is 0. The summed E-state index contributed by atoms with van der Waals surface area (Å²) >= 11 is 0. The van der Waals surface area contributed by atoms with Crippen LogP contribution in [0, 0.1) is 0 Å². The van der Waals surface area contributed by atoms with E-state index in [-0.39, 0.29) is 11.9 Å². The van der Waals surface area contributed by atoms with E-state index in [1.807, 2.05) is 6.92 Å². The lowest BCUT2D eigenvalue weighted by Gasteiger charge is -2.33. The number of hydrogen-bond donors (Lipinski definition) is 2. The van der Waals surface area contributed by atoms with Gasteiger partial charge in [0.25, 0.3) is 5.91 Å². The molecule has 0 radical (unpaired) electrons. The highest BCUT2D eigenvalue weighted by Crippen LogP contribution is 2.27. The van der Waals surface area contributed by atoms with Crippen molar-refractivity contribution in [2.24, 2.45) is 0 Å². The molecular weight excluding hydrogens is 258 g/mol. The van der Waals surface area contributed by atoms with Gasteiger partial charge in [-0.2, -0.15) is 0 Å². The van der Waals surface area contributed by atoms with Gasteiger partial charge in [0.2, 0.25) is 0 Å². The lowest BCUT2D eigenvalue weighted by atomic mass is 9.83. The summed E-state index contributed by atoms with van der Waals surface area (Å²) in [5.41, 5.74) is 1.16. The first-order valence-corrected chi connectivity index (χ1v) is 6.79.